The highest BCUT2D eigenvalue weighted by molar-refractivity contribution is 5.90. The van der Waals surface area contributed by atoms with Gasteiger partial charge in [0.25, 0.3) is 0 Å². The van der Waals surface area contributed by atoms with Gasteiger partial charge in [0.1, 0.15) is 11.5 Å². The normalized spacial score (nSPS) is 10.3. The molecule has 0 bridgehead atoms. The zero-order valence-electron chi connectivity index (χ0n) is 21.8. The zero-order valence-corrected chi connectivity index (χ0v) is 21.8. The van der Waals surface area contributed by atoms with Crippen molar-refractivity contribution in [3.8, 4) is 39.8 Å². The van der Waals surface area contributed by atoms with Crippen LogP contribution in [0.15, 0.2) is 110 Å². The monoisotopic (exact) mass is 517 g/mol. The van der Waals surface area contributed by atoms with Crippen LogP contribution in [0.1, 0.15) is 35.2 Å². The number of nitriles is 1. The number of unbranched alkanes of at least 4 members (excludes halogenated alkanes) is 1. The highest BCUT2D eigenvalue weighted by Gasteiger charge is 2.08. The van der Waals surface area contributed by atoms with Gasteiger partial charge in [-0.1, -0.05) is 54.6 Å². The van der Waals surface area contributed by atoms with Gasteiger partial charge < -0.3 is 14.2 Å². The van der Waals surface area contributed by atoms with Crippen molar-refractivity contribution in [2.75, 3.05) is 19.8 Å². The van der Waals surface area contributed by atoms with Gasteiger partial charge in [0, 0.05) is 6.42 Å². The van der Waals surface area contributed by atoms with Crippen LogP contribution in [0, 0.1) is 11.3 Å². The molecule has 0 atom stereocenters. The van der Waals surface area contributed by atoms with Crippen LogP contribution in [0.2, 0.25) is 0 Å². The van der Waals surface area contributed by atoms with E-state index in [0.717, 1.165) is 46.6 Å². The number of allylic oxidation sites excluding steroid dienone is 1. The zero-order chi connectivity index (χ0) is 27.3. The summed E-state index contributed by atoms with van der Waals surface area (Å²) in [5.74, 6) is 1.24. The van der Waals surface area contributed by atoms with E-state index in [-0.39, 0.29) is 12.6 Å². The van der Waals surface area contributed by atoms with Crippen LogP contribution in [0.3, 0.4) is 0 Å². The van der Waals surface area contributed by atoms with Crippen molar-refractivity contribution in [3.63, 3.8) is 0 Å². The molecule has 0 radical (unpaired) electrons. The Morgan fingerprint density at radius 2 is 1.13 bits per heavy atom. The van der Waals surface area contributed by atoms with Crippen molar-refractivity contribution in [1.29, 1.82) is 5.26 Å². The second-order valence-corrected chi connectivity index (χ2v) is 8.93. The van der Waals surface area contributed by atoms with Crippen LogP contribution in [0.4, 0.5) is 0 Å². The molecule has 39 heavy (non-hydrogen) atoms. The third-order valence-corrected chi connectivity index (χ3v) is 6.12. The van der Waals surface area contributed by atoms with Crippen LogP contribution < -0.4 is 9.47 Å². The van der Waals surface area contributed by atoms with E-state index in [0.29, 0.717) is 30.8 Å². The standard InChI is InChI=1S/C34H31NO4/c1-2-3-4-22-37-32-18-16-30(17-19-32)28-10-12-31(13-11-28)34(36)39-24-5-23-38-33-20-14-29(15-21-33)27-8-6-26(25-35)7-9-27/h2,6-21H,1,3-5,22-24H2. The molecule has 0 aromatic heterocycles. The quantitative estimate of drug-likeness (QED) is 0.103. The van der Waals surface area contributed by atoms with Gasteiger partial charge in [-0.15, -0.1) is 6.58 Å². The second-order valence-electron chi connectivity index (χ2n) is 8.93. The van der Waals surface area contributed by atoms with Gasteiger partial charge in [0.15, 0.2) is 0 Å². The van der Waals surface area contributed by atoms with Gasteiger partial charge in [0.05, 0.1) is 37.0 Å². The van der Waals surface area contributed by atoms with Crippen LogP contribution in [0.25, 0.3) is 22.3 Å². The topological polar surface area (TPSA) is 68.6 Å². The molecule has 0 fully saturated rings. The number of hydrogen-bond acceptors (Lipinski definition) is 5. The Kier molecular flexibility index (Phi) is 9.92. The maximum Gasteiger partial charge on any atom is 0.338 e. The number of nitrogens with zero attached hydrogens (tertiary/aromatic N) is 1. The molecule has 0 aliphatic heterocycles. The minimum atomic E-state index is -0.350. The molecule has 4 aromatic rings. The van der Waals surface area contributed by atoms with Crippen LogP contribution in [0.5, 0.6) is 11.5 Å². The van der Waals surface area contributed by atoms with E-state index in [1.165, 1.54) is 0 Å². The third-order valence-electron chi connectivity index (χ3n) is 6.12. The minimum absolute atomic E-state index is 0.276. The van der Waals surface area contributed by atoms with E-state index in [1.807, 2.05) is 78.9 Å². The number of benzene rings is 4. The Hall–Kier alpha value is -4.82. The number of ether oxygens (including phenoxy) is 3. The lowest BCUT2D eigenvalue weighted by molar-refractivity contribution is 0.0486. The van der Waals surface area contributed by atoms with Crippen LogP contribution >= 0.6 is 0 Å². The summed E-state index contributed by atoms with van der Waals surface area (Å²) in [7, 11) is 0. The predicted molar refractivity (Wildman–Crippen MR) is 154 cm³/mol. The fraction of sp³-hybridized carbons (Fsp3) is 0.176. The highest BCUT2D eigenvalue weighted by atomic mass is 16.5. The van der Waals surface area contributed by atoms with E-state index in [4.69, 9.17) is 19.5 Å². The molecule has 0 saturated carbocycles. The molecule has 0 heterocycles. The van der Waals surface area contributed by atoms with E-state index in [9.17, 15) is 4.79 Å². The number of hydrogen-bond donors (Lipinski definition) is 0. The molecule has 0 spiro atoms. The second kappa shape index (κ2) is 14.2. The molecule has 0 amide bonds. The lowest BCUT2D eigenvalue weighted by Gasteiger charge is -2.09. The summed E-state index contributed by atoms with van der Waals surface area (Å²) in [5.41, 5.74) is 5.31. The number of carbonyl (C=O) groups is 1. The van der Waals surface area contributed by atoms with E-state index in [1.54, 1.807) is 24.3 Å². The molecule has 196 valence electrons. The summed E-state index contributed by atoms with van der Waals surface area (Å²) in [6, 6.07) is 32.7. The Morgan fingerprint density at radius 1 is 0.667 bits per heavy atom. The molecule has 0 aliphatic rings. The molecule has 5 nitrogen and oxygen atoms in total. The van der Waals surface area contributed by atoms with Gasteiger partial charge in [-0.2, -0.15) is 5.26 Å². The molecular formula is C34H31NO4. The van der Waals surface area contributed by atoms with Gasteiger partial charge >= 0.3 is 5.97 Å². The smallest absolute Gasteiger partial charge is 0.338 e. The van der Waals surface area contributed by atoms with Gasteiger partial charge in [-0.05, 0) is 83.6 Å². The van der Waals surface area contributed by atoms with Crippen molar-refractivity contribution < 1.29 is 19.0 Å². The molecule has 0 N–H and O–H groups in total. The molecule has 0 saturated heterocycles. The average Bonchev–Trinajstić information content (AvgIpc) is 3.00. The largest absolute Gasteiger partial charge is 0.494 e. The summed E-state index contributed by atoms with van der Waals surface area (Å²) >= 11 is 0. The van der Waals surface area contributed by atoms with Gasteiger partial charge in [-0.3, -0.25) is 0 Å². The third kappa shape index (κ3) is 8.08. The molecular weight excluding hydrogens is 486 g/mol. The average molecular weight is 518 g/mol. The Labute approximate surface area is 229 Å². The molecule has 0 aliphatic carbocycles. The number of rotatable bonds is 13. The Balaban J connectivity index is 1.17. The highest BCUT2D eigenvalue weighted by Crippen LogP contribution is 2.24. The first-order valence-electron chi connectivity index (χ1n) is 13.0. The van der Waals surface area contributed by atoms with Gasteiger partial charge in [-0.25, -0.2) is 4.79 Å². The van der Waals surface area contributed by atoms with Crippen molar-refractivity contribution in [2.45, 2.75) is 19.3 Å². The summed E-state index contributed by atoms with van der Waals surface area (Å²) < 4.78 is 16.9. The lowest BCUT2D eigenvalue weighted by atomic mass is 10.0. The first-order valence-corrected chi connectivity index (χ1v) is 13.0. The van der Waals surface area contributed by atoms with Crippen molar-refractivity contribution in [1.82, 2.24) is 0 Å². The summed E-state index contributed by atoms with van der Waals surface area (Å²) in [4.78, 5) is 12.4. The fourth-order valence-electron chi connectivity index (χ4n) is 3.94. The predicted octanol–water partition coefficient (Wildman–Crippen LogP) is 7.86. The molecule has 0 unspecified atom stereocenters. The number of carbonyl (C=O) groups excluding carboxylic acids is 1. The van der Waals surface area contributed by atoms with Crippen LogP contribution in [-0.4, -0.2) is 25.8 Å². The molecule has 4 rings (SSSR count). The van der Waals surface area contributed by atoms with Crippen molar-refractivity contribution in [2.24, 2.45) is 0 Å². The summed E-state index contributed by atoms with van der Waals surface area (Å²) in [6.45, 7) is 5.10. The number of esters is 1. The fourth-order valence-corrected chi connectivity index (χ4v) is 3.94. The van der Waals surface area contributed by atoms with E-state index >= 15 is 0 Å². The summed E-state index contributed by atoms with van der Waals surface area (Å²) in [6.07, 6.45) is 4.37. The van der Waals surface area contributed by atoms with E-state index in [2.05, 4.69) is 12.6 Å². The molecule has 5 heteroatoms. The first kappa shape index (κ1) is 27.2. The lowest BCUT2D eigenvalue weighted by Crippen LogP contribution is -2.09. The van der Waals surface area contributed by atoms with Crippen molar-refractivity contribution in [3.05, 3.63) is 121 Å². The SMILES string of the molecule is C=CCCCOc1ccc(-c2ccc(C(=O)OCCCOc3ccc(-c4ccc(C#N)cc4)cc3)cc2)cc1. The van der Waals surface area contributed by atoms with Gasteiger partial charge in [0.2, 0.25) is 0 Å². The minimum Gasteiger partial charge on any atom is -0.494 e. The maximum absolute atomic E-state index is 12.4. The molecule has 4 aromatic carbocycles. The maximum atomic E-state index is 12.4. The summed E-state index contributed by atoms with van der Waals surface area (Å²) in [5, 5.41) is 8.93. The first-order chi connectivity index (χ1) is 19.2. The Bertz CT molecular complexity index is 1380. The van der Waals surface area contributed by atoms with Crippen LogP contribution in [-0.2, 0) is 4.74 Å². The van der Waals surface area contributed by atoms with E-state index < -0.39 is 0 Å². The van der Waals surface area contributed by atoms with Crippen molar-refractivity contribution >= 4 is 5.97 Å². The Morgan fingerprint density at radius 3 is 1.62 bits per heavy atom.